The zero-order valence-corrected chi connectivity index (χ0v) is 10.0. The highest BCUT2D eigenvalue weighted by Crippen LogP contribution is 2.43. The second kappa shape index (κ2) is 3.49. The predicted octanol–water partition coefficient (Wildman–Crippen LogP) is 1.71. The topological polar surface area (TPSA) is 15.3 Å². The second-order valence-electron chi connectivity index (χ2n) is 5.74. The summed E-state index contributed by atoms with van der Waals surface area (Å²) in [6.07, 6.45) is 2.88. The van der Waals surface area contributed by atoms with Crippen LogP contribution in [0.1, 0.15) is 33.6 Å². The van der Waals surface area contributed by atoms with E-state index in [2.05, 4.69) is 38.0 Å². The van der Waals surface area contributed by atoms with E-state index in [1.165, 1.54) is 25.9 Å². The van der Waals surface area contributed by atoms with Gasteiger partial charge in [0.25, 0.3) is 0 Å². The van der Waals surface area contributed by atoms with Crippen molar-refractivity contribution in [3.05, 3.63) is 0 Å². The number of rotatable bonds is 2. The number of piperazine rings is 1. The average Bonchev–Trinajstić information content (AvgIpc) is 2.92. The van der Waals surface area contributed by atoms with Gasteiger partial charge >= 0.3 is 0 Å². The standard InChI is InChI=1S/C12H24N2/c1-9(2)11-7-14(4)12(3,8-13-11)10-5-6-10/h9-11,13H,5-8H2,1-4H3. The summed E-state index contributed by atoms with van der Waals surface area (Å²) in [7, 11) is 2.30. The molecule has 0 aromatic heterocycles. The number of hydrogen-bond donors (Lipinski definition) is 1. The van der Waals surface area contributed by atoms with Crippen LogP contribution in [0.4, 0.5) is 0 Å². The predicted molar refractivity (Wildman–Crippen MR) is 60.4 cm³/mol. The first-order valence-corrected chi connectivity index (χ1v) is 5.98. The van der Waals surface area contributed by atoms with Crippen LogP contribution in [0.25, 0.3) is 0 Å². The highest BCUT2D eigenvalue weighted by Gasteiger charge is 2.46. The van der Waals surface area contributed by atoms with E-state index in [-0.39, 0.29) is 0 Å². The molecule has 2 nitrogen and oxygen atoms in total. The Bertz CT molecular complexity index is 210. The molecule has 0 bridgehead atoms. The van der Waals surface area contributed by atoms with E-state index in [4.69, 9.17) is 0 Å². The molecule has 2 aliphatic rings. The molecule has 1 saturated carbocycles. The Balaban J connectivity index is 1.99. The van der Waals surface area contributed by atoms with E-state index in [1.54, 1.807) is 0 Å². The zero-order chi connectivity index (χ0) is 10.3. The third-order valence-corrected chi connectivity index (χ3v) is 4.33. The molecule has 2 unspecified atom stereocenters. The van der Waals surface area contributed by atoms with Gasteiger partial charge in [0.1, 0.15) is 0 Å². The van der Waals surface area contributed by atoms with Crippen molar-refractivity contribution in [1.29, 1.82) is 0 Å². The van der Waals surface area contributed by atoms with E-state index in [0.717, 1.165) is 11.8 Å². The van der Waals surface area contributed by atoms with Crippen LogP contribution in [0.2, 0.25) is 0 Å². The molecule has 14 heavy (non-hydrogen) atoms. The number of likely N-dealkylation sites (N-methyl/N-ethyl adjacent to an activating group) is 1. The lowest BCUT2D eigenvalue weighted by molar-refractivity contribution is 0.0494. The fourth-order valence-corrected chi connectivity index (χ4v) is 2.65. The van der Waals surface area contributed by atoms with Gasteiger partial charge in [0.05, 0.1) is 0 Å². The van der Waals surface area contributed by atoms with Crippen molar-refractivity contribution in [3.8, 4) is 0 Å². The minimum Gasteiger partial charge on any atom is -0.311 e. The molecular weight excluding hydrogens is 172 g/mol. The van der Waals surface area contributed by atoms with Crippen molar-refractivity contribution in [2.24, 2.45) is 11.8 Å². The van der Waals surface area contributed by atoms with E-state index in [1.807, 2.05) is 0 Å². The maximum atomic E-state index is 3.72. The lowest BCUT2D eigenvalue weighted by Crippen LogP contribution is -2.64. The summed E-state index contributed by atoms with van der Waals surface area (Å²) in [5.74, 6) is 1.70. The maximum absolute atomic E-state index is 3.72. The van der Waals surface area contributed by atoms with Gasteiger partial charge in [0.15, 0.2) is 0 Å². The molecule has 1 aliphatic heterocycles. The third-order valence-electron chi connectivity index (χ3n) is 4.33. The van der Waals surface area contributed by atoms with E-state index in [0.29, 0.717) is 11.6 Å². The van der Waals surface area contributed by atoms with Crippen LogP contribution in [0, 0.1) is 11.8 Å². The first kappa shape index (κ1) is 10.4. The third kappa shape index (κ3) is 1.70. The van der Waals surface area contributed by atoms with Gasteiger partial charge in [-0.15, -0.1) is 0 Å². The SMILES string of the molecule is CC(C)C1CN(C)C(C)(C2CC2)CN1. The van der Waals surface area contributed by atoms with Crippen LogP contribution >= 0.6 is 0 Å². The van der Waals surface area contributed by atoms with Crippen molar-refractivity contribution in [1.82, 2.24) is 10.2 Å². The zero-order valence-electron chi connectivity index (χ0n) is 10.0. The first-order valence-electron chi connectivity index (χ1n) is 5.98. The molecule has 1 heterocycles. The van der Waals surface area contributed by atoms with Gasteiger partial charge in [-0.2, -0.15) is 0 Å². The number of hydrogen-bond acceptors (Lipinski definition) is 2. The maximum Gasteiger partial charge on any atom is 0.0331 e. The van der Waals surface area contributed by atoms with Crippen molar-refractivity contribution >= 4 is 0 Å². The smallest absolute Gasteiger partial charge is 0.0331 e. The molecule has 2 atom stereocenters. The van der Waals surface area contributed by atoms with Crippen molar-refractivity contribution in [2.45, 2.75) is 45.2 Å². The number of nitrogens with one attached hydrogen (secondary N) is 1. The van der Waals surface area contributed by atoms with Gasteiger partial charge in [-0.3, -0.25) is 4.90 Å². The van der Waals surface area contributed by atoms with Crippen LogP contribution in [0.15, 0.2) is 0 Å². The minimum atomic E-state index is 0.436. The van der Waals surface area contributed by atoms with E-state index >= 15 is 0 Å². The van der Waals surface area contributed by atoms with Gasteiger partial charge < -0.3 is 5.32 Å². The molecule has 2 heteroatoms. The van der Waals surface area contributed by atoms with Crippen LogP contribution in [0.5, 0.6) is 0 Å². The Labute approximate surface area is 88.1 Å². The molecular formula is C12H24N2. The van der Waals surface area contributed by atoms with Gasteiger partial charge in [0, 0.05) is 24.7 Å². The summed E-state index contributed by atoms with van der Waals surface area (Å²) in [6.45, 7) is 9.44. The summed E-state index contributed by atoms with van der Waals surface area (Å²) in [5, 5.41) is 3.72. The average molecular weight is 196 g/mol. The van der Waals surface area contributed by atoms with Gasteiger partial charge in [-0.1, -0.05) is 13.8 Å². The van der Waals surface area contributed by atoms with Crippen molar-refractivity contribution in [2.75, 3.05) is 20.1 Å². The van der Waals surface area contributed by atoms with Crippen LogP contribution in [-0.4, -0.2) is 36.6 Å². The molecule has 1 aliphatic carbocycles. The normalized spacial score (nSPS) is 40.5. The van der Waals surface area contributed by atoms with Crippen LogP contribution in [-0.2, 0) is 0 Å². The Morgan fingerprint density at radius 1 is 1.36 bits per heavy atom. The quantitative estimate of drug-likeness (QED) is 0.723. The highest BCUT2D eigenvalue weighted by molar-refractivity contribution is 5.04. The van der Waals surface area contributed by atoms with Crippen LogP contribution in [0.3, 0.4) is 0 Å². The molecule has 0 radical (unpaired) electrons. The summed E-state index contributed by atoms with van der Waals surface area (Å²) in [4.78, 5) is 2.59. The second-order valence-corrected chi connectivity index (χ2v) is 5.74. The summed E-state index contributed by atoms with van der Waals surface area (Å²) in [6, 6.07) is 0.687. The van der Waals surface area contributed by atoms with Crippen molar-refractivity contribution < 1.29 is 0 Å². The fourth-order valence-electron chi connectivity index (χ4n) is 2.65. The monoisotopic (exact) mass is 196 g/mol. The summed E-state index contributed by atoms with van der Waals surface area (Å²) >= 11 is 0. The number of nitrogens with zero attached hydrogens (tertiary/aromatic N) is 1. The fraction of sp³-hybridized carbons (Fsp3) is 1.00. The lowest BCUT2D eigenvalue weighted by Gasteiger charge is -2.47. The minimum absolute atomic E-state index is 0.436. The Morgan fingerprint density at radius 2 is 2.00 bits per heavy atom. The molecule has 82 valence electrons. The van der Waals surface area contributed by atoms with Gasteiger partial charge in [0.2, 0.25) is 0 Å². The summed E-state index contributed by atoms with van der Waals surface area (Å²) in [5.41, 5.74) is 0.436. The first-order chi connectivity index (χ1) is 6.54. The molecule has 2 fully saturated rings. The molecule has 2 rings (SSSR count). The highest BCUT2D eigenvalue weighted by atomic mass is 15.3. The van der Waals surface area contributed by atoms with Gasteiger partial charge in [-0.25, -0.2) is 0 Å². The van der Waals surface area contributed by atoms with Gasteiger partial charge in [-0.05, 0) is 38.6 Å². The molecule has 0 aromatic carbocycles. The Morgan fingerprint density at radius 3 is 2.43 bits per heavy atom. The van der Waals surface area contributed by atoms with E-state index in [9.17, 15) is 0 Å². The molecule has 1 saturated heterocycles. The lowest BCUT2D eigenvalue weighted by atomic mass is 9.88. The largest absolute Gasteiger partial charge is 0.311 e. The molecule has 0 spiro atoms. The van der Waals surface area contributed by atoms with Crippen molar-refractivity contribution in [3.63, 3.8) is 0 Å². The van der Waals surface area contributed by atoms with Crippen LogP contribution < -0.4 is 5.32 Å². The van der Waals surface area contributed by atoms with E-state index < -0.39 is 0 Å². The Kier molecular flexibility index (Phi) is 2.61. The Hall–Kier alpha value is -0.0800. The summed E-state index contributed by atoms with van der Waals surface area (Å²) < 4.78 is 0. The molecule has 0 aromatic rings. The molecule has 1 N–H and O–H groups in total. The molecule has 0 amide bonds.